The molecule has 0 bridgehead atoms. The van der Waals surface area contributed by atoms with Gasteiger partial charge in [-0.3, -0.25) is 4.79 Å². The zero-order valence-corrected chi connectivity index (χ0v) is 16.5. The molecule has 0 radical (unpaired) electrons. The summed E-state index contributed by atoms with van der Waals surface area (Å²) >= 11 is 0. The minimum Gasteiger partial charge on any atom is -0.381 e. The second kappa shape index (κ2) is 8.60. The Hall–Kier alpha value is -1.95. The first-order chi connectivity index (χ1) is 13.1. The Morgan fingerprint density at radius 1 is 1.07 bits per heavy atom. The molecule has 150 valence electrons. The van der Waals surface area contributed by atoms with E-state index in [1.165, 1.54) is 12.1 Å². The molecule has 2 saturated heterocycles. The van der Waals surface area contributed by atoms with Gasteiger partial charge in [-0.15, -0.1) is 12.4 Å². The van der Waals surface area contributed by atoms with Crippen LogP contribution in [0.5, 0.6) is 0 Å². The van der Waals surface area contributed by atoms with Crippen LogP contribution in [0.25, 0.3) is 0 Å². The average Bonchev–Trinajstić information content (AvgIpc) is 3.10. The second-order valence-corrected chi connectivity index (χ2v) is 7.60. The number of nitrogens with zero attached hydrogens (tertiary/aromatic N) is 1. The van der Waals surface area contributed by atoms with E-state index in [1.807, 2.05) is 29.2 Å². The third kappa shape index (κ3) is 3.79. The molecule has 2 atom stereocenters. The van der Waals surface area contributed by atoms with E-state index in [0.29, 0.717) is 39.1 Å². The summed E-state index contributed by atoms with van der Waals surface area (Å²) in [6, 6.07) is 16.5. The summed E-state index contributed by atoms with van der Waals surface area (Å²) in [5.74, 6) is -0.142. The van der Waals surface area contributed by atoms with Crippen molar-refractivity contribution in [1.29, 1.82) is 0 Å². The van der Waals surface area contributed by atoms with Gasteiger partial charge in [0, 0.05) is 38.3 Å². The van der Waals surface area contributed by atoms with Crippen molar-refractivity contribution in [2.24, 2.45) is 5.73 Å². The summed E-state index contributed by atoms with van der Waals surface area (Å²) in [7, 11) is 0. The largest absolute Gasteiger partial charge is 0.381 e. The van der Waals surface area contributed by atoms with Gasteiger partial charge in [0.25, 0.3) is 0 Å². The maximum absolute atomic E-state index is 13.9. The summed E-state index contributed by atoms with van der Waals surface area (Å²) in [6.45, 7) is 2.13. The zero-order chi connectivity index (χ0) is 18.9. The molecule has 0 unspecified atom stereocenters. The molecule has 2 aromatic rings. The van der Waals surface area contributed by atoms with Crippen LogP contribution >= 0.6 is 12.4 Å². The van der Waals surface area contributed by atoms with Crippen LogP contribution in [0.2, 0.25) is 0 Å². The van der Waals surface area contributed by atoms with E-state index < -0.39 is 5.41 Å². The van der Waals surface area contributed by atoms with Gasteiger partial charge in [0.05, 0.1) is 5.41 Å². The predicted molar refractivity (Wildman–Crippen MR) is 109 cm³/mol. The molecule has 2 aliphatic rings. The molecule has 0 aromatic heterocycles. The van der Waals surface area contributed by atoms with Gasteiger partial charge in [-0.1, -0.05) is 42.5 Å². The first-order valence-electron chi connectivity index (χ1n) is 9.54. The van der Waals surface area contributed by atoms with E-state index >= 15 is 0 Å². The molecule has 2 N–H and O–H groups in total. The van der Waals surface area contributed by atoms with Crippen LogP contribution in [0, 0.1) is 5.82 Å². The molecule has 0 spiro atoms. The van der Waals surface area contributed by atoms with Crippen molar-refractivity contribution in [3.63, 3.8) is 0 Å². The van der Waals surface area contributed by atoms with Crippen molar-refractivity contribution in [3.05, 3.63) is 71.5 Å². The highest BCUT2D eigenvalue weighted by Crippen LogP contribution is 2.39. The van der Waals surface area contributed by atoms with E-state index in [2.05, 4.69) is 12.1 Å². The van der Waals surface area contributed by atoms with Crippen LogP contribution in [-0.2, 0) is 14.9 Å². The van der Waals surface area contributed by atoms with Crippen LogP contribution in [0.1, 0.15) is 29.9 Å². The van der Waals surface area contributed by atoms with E-state index in [0.717, 1.165) is 11.1 Å². The normalized spacial score (nSPS) is 23.9. The molecule has 6 heteroatoms. The number of nitrogens with two attached hydrogens (primary N) is 1. The highest BCUT2D eigenvalue weighted by atomic mass is 35.5. The summed E-state index contributed by atoms with van der Waals surface area (Å²) < 4.78 is 19.4. The lowest BCUT2D eigenvalue weighted by molar-refractivity contribution is -0.140. The molecular weight excluding hydrogens is 379 g/mol. The summed E-state index contributed by atoms with van der Waals surface area (Å²) in [5, 5.41) is 0. The van der Waals surface area contributed by atoms with Crippen molar-refractivity contribution in [2.45, 2.75) is 30.2 Å². The third-order valence-corrected chi connectivity index (χ3v) is 6.01. The number of carbonyl (C=O) groups excluding carboxylic acids is 1. The smallest absolute Gasteiger partial charge is 0.233 e. The van der Waals surface area contributed by atoms with Crippen LogP contribution in [-0.4, -0.2) is 43.2 Å². The second-order valence-electron chi connectivity index (χ2n) is 7.60. The highest BCUT2D eigenvalue weighted by Gasteiger charge is 2.47. The van der Waals surface area contributed by atoms with Crippen LogP contribution in [0.4, 0.5) is 4.39 Å². The molecule has 4 rings (SSSR count). The first kappa shape index (κ1) is 20.8. The quantitative estimate of drug-likeness (QED) is 0.854. The minimum atomic E-state index is -0.731. The van der Waals surface area contributed by atoms with Crippen LogP contribution in [0.15, 0.2) is 54.6 Å². The fourth-order valence-electron chi connectivity index (χ4n) is 4.48. The SMILES string of the molecule is Cl.N[C@@H]1CN(C(=O)C2(c3cccc(F)c3)CCOCC2)C[C@H]1c1ccccc1. The number of amides is 1. The number of hydrogen-bond acceptors (Lipinski definition) is 3. The molecule has 2 aromatic carbocycles. The summed E-state index contributed by atoms with van der Waals surface area (Å²) in [5.41, 5.74) is 7.57. The molecule has 28 heavy (non-hydrogen) atoms. The minimum absolute atomic E-state index is 0. The van der Waals surface area contributed by atoms with E-state index in [9.17, 15) is 9.18 Å². The monoisotopic (exact) mass is 404 g/mol. The fourth-order valence-corrected chi connectivity index (χ4v) is 4.48. The first-order valence-corrected chi connectivity index (χ1v) is 9.54. The lowest BCUT2D eigenvalue weighted by Gasteiger charge is -2.39. The molecule has 0 aliphatic carbocycles. The van der Waals surface area contributed by atoms with Gasteiger partial charge in [0.2, 0.25) is 5.91 Å². The van der Waals surface area contributed by atoms with Crippen molar-refractivity contribution in [2.75, 3.05) is 26.3 Å². The standard InChI is InChI=1S/C22H25FN2O2.ClH/c23-18-8-4-7-17(13-18)22(9-11-27-12-10-22)21(26)25-14-19(20(24)15-25)16-5-2-1-3-6-16;/h1-8,13,19-20H,9-12,14-15,24H2;1H/t19-,20+;/m0./s1. The topological polar surface area (TPSA) is 55.6 Å². The van der Waals surface area contributed by atoms with E-state index in [4.69, 9.17) is 10.5 Å². The number of halogens is 2. The number of carbonyl (C=O) groups is 1. The fraction of sp³-hybridized carbons (Fsp3) is 0.409. The maximum Gasteiger partial charge on any atom is 0.233 e. The van der Waals surface area contributed by atoms with Crippen LogP contribution < -0.4 is 5.73 Å². The van der Waals surface area contributed by atoms with Gasteiger partial charge in [-0.2, -0.15) is 0 Å². The summed E-state index contributed by atoms with van der Waals surface area (Å²) in [4.78, 5) is 15.5. The average molecular weight is 405 g/mol. The highest BCUT2D eigenvalue weighted by molar-refractivity contribution is 5.89. The third-order valence-electron chi connectivity index (χ3n) is 6.01. The Morgan fingerprint density at radius 2 is 1.79 bits per heavy atom. The van der Waals surface area contributed by atoms with Gasteiger partial charge in [0.1, 0.15) is 5.82 Å². The van der Waals surface area contributed by atoms with Gasteiger partial charge < -0.3 is 15.4 Å². The predicted octanol–water partition coefficient (Wildman–Crippen LogP) is 3.25. The Labute approximate surface area is 171 Å². The lowest BCUT2D eigenvalue weighted by atomic mass is 9.73. The summed E-state index contributed by atoms with van der Waals surface area (Å²) in [6.07, 6.45) is 1.13. The van der Waals surface area contributed by atoms with Crippen molar-refractivity contribution in [3.8, 4) is 0 Å². The number of ether oxygens (including phenoxy) is 1. The molecule has 2 heterocycles. The number of hydrogen-bond donors (Lipinski definition) is 1. The van der Waals surface area contributed by atoms with Gasteiger partial charge in [-0.25, -0.2) is 4.39 Å². The Balaban J connectivity index is 0.00000225. The van der Waals surface area contributed by atoms with Crippen molar-refractivity contribution >= 4 is 18.3 Å². The Kier molecular flexibility index (Phi) is 6.38. The number of benzene rings is 2. The van der Waals surface area contributed by atoms with Crippen LogP contribution in [0.3, 0.4) is 0 Å². The Morgan fingerprint density at radius 3 is 2.46 bits per heavy atom. The molecular formula is C22H26ClFN2O2. The zero-order valence-electron chi connectivity index (χ0n) is 15.7. The van der Waals surface area contributed by atoms with Crippen molar-refractivity contribution < 1.29 is 13.9 Å². The molecule has 2 fully saturated rings. The molecule has 4 nitrogen and oxygen atoms in total. The van der Waals surface area contributed by atoms with E-state index in [-0.39, 0.29) is 36.1 Å². The molecule has 1 amide bonds. The number of rotatable bonds is 3. The van der Waals surface area contributed by atoms with Gasteiger partial charge in [0.15, 0.2) is 0 Å². The van der Waals surface area contributed by atoms with Crippen molar-refractivity contribution in [1.82, 2.24) is 4.90 Å². The van der Waals surface area contributed by atoms with E-state index in [1.54, 1.807) is 6.07 Å². The molecule has 2 aliphatic heterocycles. The molecule has 0 saturated carbocycles. The van der Waals surface area contributed by atoms with Gasteiger partial charge >= 0.3 is 0 Å². The van der Waals surface area contributed by atoms with Gasteiger partial charge in [-0.05, 0) is 36.1 Å². The Bertz CT molecular complexity index is 811. The maximum atomic E-state index is 13.9. The lowest BCUT2D eigenvalue weighted by Crippen LogP contribution is -2.49. The number of likely N-dealkylation sites (tertiary alicyclic amines) is 1.